The second-order valence-electron chi connectivity index (χ2n) is 5.40. The molecule has 0 bridgehead atoms. The fraction of sp³-hybridized carbons (Fsp3) is 0.0476. The maximum absolute atomic E-state index is 12.2. The van der Waals surface area contributed by atoms with E-state index in [0.29, 0.717) is 16.3 Å². The molecule has 0 heterocycles. The predicted octanol–water partition coefficient (Wildman–Crippen LogP) is 5.32. The van der Waals surface area contributed by atoms with Crippen molar-refractivity contribution in [2.24, 2.45) is 4.99 Å². The van der Waals surface area contributed by atoms with E-state index in [1.807, 2.05) is 24.3 Å². The lowest BCUT2D eigenvalue weighted by molar-refractivity contribution is 0.0735. The van der Waals surface area contributed by atoms with Crippen molar-refractivity contribution in [2.45, 2.75) is 0 Å². The zero-order valence-corrected chi connectivity index (χ0v) is 14.8. The van der Waals surface area contributed by atoms with Gasteiger partial charge in [0, 0.05) is 6.21 Å². The predicted molar refractivity (Wildman–Crippen MR) is 103 cm³/mol. The maximum Gasteiger partial charge on any atom is 0.343 e. The smallest absolute Gasteiger partial charge is 0.343 e. The third-order valence-electron chi connectivity index (χ3n) is 3.62. The Labute approximate surface area is 156 Å². The highest BCUT2D eigenvalue weighted by Crippen LogP contribution is 2.24. The molecule has 3 rings (SSSR count). The second kappa shape index (κ2) is 8.32. The molecule has 0 aliphatic rings. The van der Waals surface area contributed by atoms with E-state index >= 15 is 0 Å². The van der Waals surface area contributed by atoms with Gasteiger partial charge < -0.3 is 9.47 Å². The number of esters is 1. The molecule has 3 aromatic rings. The highest BCUT2D eigenvalue weighted by atomic mass is 35.5. The molecule has 0 spiro atoms. The third kappa shape index (κ3) is 4.49. The van der Waals surface area contributed by atoms with Crippen LogP contribution in [0.4, 0.5) is 5.69 Å². The Kier molecular flexibility index (Phi) is 5.66. The van der Waals surface area contributed by atoms with Crippen LogP contribution >= 0.6 is 11.6 Å². The van der Waals surface area contributed by atoms with Gasteiger partial charge in [-0.15, -0.1) is 0 Å². The first kappa shape index (κ1) is 17.7. The summed E-state index contributed by atoms with van der Waals surface area (Å²) in [5, 5.41) is 0.390. The Balaban J connectivity index is 1.66. The third-order valence-corrected chi connectivity index (χ3v) is 3.93. The first-order valence-electron chi connectivity index (χ1n) is 7.90. The van der Waals surface area contributed by atoms with Crippen LogP contribution in [0.15, 0.2) is 77.8 Å². The van der Waals surface area contributed by atoms with Crippen LogP contribution in [0.5, 0.6) is 11.5 Å². The van der Waals surface area contributed by atoms with Gasteiger partial charge in [-0.2, -0.15) is 0 Å². The van der Waals surface area contributed by atoms with Crippen LogP contribution in [0, 0.1) is 0 Å². The van der Waals surface area contributed by atoms with Crippen molar-refractivity contribution < 1.29 is 14.3 Å². The van der Waals surface area contributed by atoms with Crippen LogP contribution < -0.4 is 9.47 Å². The van der Waals surface area contributed by atoms with Gasteiger partial charge in [0.15, 0.2) is 0 Å². The Morgan fingerprint density at radius 2 is 1.65 bits per heavy atom. The Bertz CT molecular complexity index is 919. The molecule has 0 radical (unpaired) electrons. The first-order valence-corrected chi connectivity index (χ1v) is 8.28. The van der Waals surface area contributed by atoms with Crippen molar-refractivity contribution in [3.8, 4) is 11.5 Å². The quantitative estimate of drug-likeness (QED) is 0.349. The van der Waals surface area contributed by atoms with Gasteiger partial charge in [0.2, 0.25) is 0 Å². The van der Waals surface area contributed by atoms with Crippen molar-refractivity contribution in [2.75, 3.05) is 7.11 Å². The lowest BCUT2D eigenvalue weighted by Crippen LogP contribution is -2.08. The number of para-hydroxylation sites is 1. The number of benzene rings is 3. The topological polar surface area (TPSA) is 47.9 Å². The van der Waals surface area contributed by atoms with Gasteiger partial charge in [0.05, 0.1) is 23.4 Å². The summed E-state index contributed by atoms with van der Waals surface area (Å²) in [6.45, 7) is 0. The van der Waals surface area contributed by atoms with Crippen molar-refractivity contribution in [3.05, 3.63) is 88.9 Å². The van der Waals surface area contributed by atoms with E-state index in [9.17, 15) is 4.79 Å². The molecule has 0 fully saturated rings. The van der Waals surface area contributed by atoms with Crippen molar-refractivity contribution in [3.63, 3.8) is 0 Å². The first-order chi connectivity index (χ1) is 12.7. The number of halogens is 1. The summed E-state index contributed by atoms with van der Waals surface area (Å²) in [6, 6.07) is 21.3. The standard InChI is InChI=1S/C21H16ClNO3/c1-25-18-12-6-15(7-13-18)14-23-17-10-8-16(9-11-17)21(24)26-20-5-3-2-4-19(20)22/h2-14H,1H3. The summed E-state index contributed by atoms with van der Waals surface area (Å²) < 4.78 is 10.4. The molecule has 0 amide bonds. The number of ether oxygens (including phenoxy) is 2. The minimum atomic E-state index is -0.469. The Morgan fingerprint density at radius 1 is 0.962 bits per heavy atom. The summed E-state index contributed by atoms with van der Waals surface area (Å²) in [6.07, 6.45) is 1.75. The van der Waals surface area contributed by atoms with Gasteiger partial charge >= 0.3 is 5.97 Å². The molecule has 4 nitrogen and oxygen atoms in total. The van der Waals surface area contributed by atoms with Gasteiger partial charge in [-0.05, 0) is 66.2 Å². The van der Waals surface area contributed by atoms with Crippen LogP contribution in [-0.2, 0) is 0 Å². The van der Waals surface area contributed by atoms with E-state index in [1.54, 1.807) is 61.9 Å². The minimum Gasteiger partial charge on any atom is -0.497 e. The molecule has 3 aromatic carbocycles. The number of hydrogen-bond acceptors (Lipinski definition) is 4. The van der Waals surface area contributed by atoms with Gasteiger partial charge in [-0.1, -0.05) is 23.7 Å². The van der Waals surface area contributed by atoms with Crippen LogP contribution in [0.1, 0.15) is 15.9 Å². The number of rotatable bonds is 5. The summed E-state index contributed by atoms with van der Waals surface area (Å²) in [5.74, 6) is 0.660. The van der Waals surface area contributed by atoms with Gasteiger partial charge in [-0.25, -0.2) is 4.79 Å². The number of nitrogens with zero attached hydrogens (tertiary/aromatic N) is 1. The minimum absolute atomic E-state index is 0.334. The fourth-order valence-electron chi connectivity index (χ4n) is 2.21. The zero-order valence-electron chi connectivity index (χ0n) is 14.1. The van der Waals surface area contributed by atoms with Crippen LogP contribution in [0.2, 0.25) is 5.02 Å². The summed E-state index contributed by atoms with van der Waals surface area (Å²) in [5.41, 5.74) is 2.11. The molecule has 0 aliphatic carbocycles. The number of methoxy groups -OCH3 is 1. The van der Waals surface area contributed by atoms with Gasteiger partial charge in [0.25, 0.3) is 0 Å². The summed E-state index contributed by atoms with van der Waals surface area (Å²) in [7, 11) is 1.63. The molecule has 26 heavy (non-hydrogen) atoms. The zero-order chi connectivity index (χ0) is 18.4. The normalized spacial score (nSPS) is 10.7. The van der Waals surface area contributed by atoms with E-state index < -0.39 is 5.97 Å². The lowest BCUT2D eigenvalue weighted by atomic mass is 10.2. The number of carbonyl (C=O) groups excluding carboxylic acids is 1. The molecule has 0 aromatic heterocycles. The summed E-state index contributed by atoms with van der Waals surface area (Å²) in [4.78, 5) is 16.6. The number of hydrogen-bond donors (Lipinski definition) is 0. The van der Waals surface area contributed by atoms with Crippen molar-refractivity contribution in [1.29, 1.82) is 0 Å². The molecular weight excluding hydrogens is 350 g/mol. The molecule has 0 atom stereocenters. The average Bonchev–Trinajstić information content (AvgIpc) is 2.69. The number of aliphatic imine (C=N–C) groups is 1. The van der Waals surface area contributed by atoms with Crippen LogP contribution in [0.3, 0.4) is 0 Å². The summed E-state index contributed by atoms with van der Waals surface area (Å²) >= 11 is 6.00. The monoisotopic (exact) mass is 365 g/mol. The highest BCUT2D eigenvalue weighted by molar-refractivity contribution is 6.32. The fourth-order valence-corrected chi connectivity index (χ4v) is 2.38. The largest absolute Gasteiger partial charge is 0.497 e. The second-order valence-corrected chi connectivity index (χ2v) is 5.81. The van der Waals surface area contributed by atoms with E-state index in [2.05, 4.69) is 4.99 Å². The molecule has 0 saturated carbocycles. The van der Waals surface area contributed by atoms with E-state index in [1.165, 1.54) is 0 Å². The van der Waals surface area contributed by atoms with E-state index in [4.69, 9.17) is 21.1 Å². The average molecular weight is 366 g/mol. The van der Waals surface area contributed by atoms with Crippen LogP contribution in [-0.4, -0.2) is 19.3 Å². The highest BCUT2D eigenvalue weighted by Gasteiger charge is 2.10. The van der Waals surface area contributed by atoms with Crippen LogP contribution in [0.25, 0.3) is 0 Å². The molecule has 0 aliphatic heterocycles. The van der Waals surface area contributed by atoms with E-state index in [0.717, 1.165) is 17.0 Å². The molecule has 130 valence electrons. The van der Waals surface area contributed by atoms with Gasteiger partial charge in [-0.3, -0.25) is 4.99 Å². The van der Waals surface area contributed by atoms with E-state index in [-0.39, 0.29) is 0 Å². The molecule has 0 unspecified atom stereocenters. The number of carbonyl (C=O) groups is 1. The maximum atomic E-state index is 12.2. The van der Waals surface area contributed by atoms with Gasteiger partial charge in [0.1, 0.15) is 11.5 Å². The molecule has 0 saturated heterocycles. The van der Waals surface area contributed by atoms with Crippen molar-refractivity contribution >= 4 is 29.5 Å². The Hall–Kier alpha value is -3.11. The van der Waals surface area contributed by atoms with Crippen molar-refractivity contribution in [1.82, 2.24) is 0 Å². The molecular formula is C21H16ClNO3. The molecule has 5 heteroatoms. The lowest BCUT2D eigenvalue weighted by Gasteiger charge is -2.06. The Morgan fingerprint density at radius 3 is 2.31 bits per heavy atom. The SMILES string of the molecule is COc1ccc(C=Nc2ccc(C(=O)Oc3ccccc3Cl)cc2)cc1. The molecule has 0 N–H and O–H groups in total.